The fourth-order valence-electron chi connectivity index (χ4n) is 2.23. The van der Waals surface area contributed by atoms with Gasteiger partial charge in [-0.2, -0.15) is 0 Å². The number of carbonyl (C=O) groups excluding carboxylic acids is 2. The van der Waals surface area contributed by atoms with Crippen molar-refractivity contribution in [3.63, 3.8) is 0 Å². The first-order chi connectivity index (χ1) is 10.5. The number of ether oxygens (including phenoxy) is 2. The summed E-state index contributed by atoms with van der Waals surface area (Å²) in [6.45, 7) is 1.32. The number of primary amides is 1. The second kappa shape index (κ2) is 5.80. The third-order valence-corrected chi connectivity index (χ3v) is 3.54. The molecule has 0 aliphatic carbocycles. The van der Waals surface area contributed by atoms with Gasteiger partial charge >= 0.3 is 0 Å². The summed E-state index contributed by atoms with van der Waals surface area (Å²) in [4.78, 5) is 22.7. The Morgan fingerprint density at radius 3 is 2.86 bits per heavy atom. The van der Waals surface area contributed by atoms with Gasteiger partial charge in [0.25, 0.3) is 5.91 Å². The monoisotopic (exact) mass is 309 g/mol. The largest absolute Gasteiger partial charge is 0.485 e. The molecule has 0 unspecified atom stereocenters. The smallest absolute Gasteiger partial charge is 0.265 e. The van der Waals surface area contributed by atoms with Gasteiger partial charge < -0.3 is 25.8 Å². The Hall–Kier alpha value is -2.35. The first-order valence-electron chi connectivity index (χ1n) is 6.99. The minimum atomic E-state index is -0.859. The zero-order valence-electron chi connectivity index (χ0n) is 11.7. The quantitative estimate of drug-likeness (QED) is 0.718. The van der Waals surface area contributed by atoms with E-state index in [1.165, 1.54) is 12.1 Å². The summed E-state index contributed by atoms with van der Waals surface area (Å²) >= 11 is 0. The summed E-state index contributed by atoms with van der Waals surface area (Å²) in [5.41, 5.74) is 5.40. The summed E-state index contributed by atoms with van der Waals surface area (Å²) < 4.78 is 25.0. The third-order valence-electron chi connectivity index (χ3n) is 3.54. The van der Waals surface area contributed by atoms with E-state index >= 15 is 0 Å². The van der Waals surface area contributed by atoms with E-state index in [9.17, 15) is 14.0 Å². The minimum Gasteiger partial charge on any atom is -0.485 e. The number of nitrogens with one attached hydrogen (secondary N) is 2. The zero-order chi connectivity index (χ0) is 15.7. The number of halogens is 1. The van der Waals surface area contributed by atoms with Crippen LogP contribution in [-0.4, -0.2) is 37.1 Å². The van der Waals surface area contributed by atoms with Gasteiger partial charge in [0.2, 0.25) is 5.91 Å². The van der Waals surface area contributed by atoms with Crippen LogP contribution in [0.1, 0.15) is 12.8 Å². The van der Waals surface area contributed by atoms with Gasteiger partial charge in [0.1, 0.15) is 11.9 Å². The number of hydrogen-bond donors (Lipinski definition) is 3. The van der Waals surface area contributed by atoms with Gasteiger partial charge in [0, 0.05) is 38.1 Å². The maximum atomic E-state index is 14.0. The number of carbonyl (C=O) groups is 2. The van der Waals surface area contributed by atoms with Crippen LogP contribution in [-0.2, 0) is 9.59 Å². The van der Waals surface area contributed by atoms with Crippen LogP contribution in [0.4, 0.5) is 10.1 Å². The molecule has 3 rings (SSSR count). The van der Waals surface area contributed by atoms with E-state index in [4.69, 9.17) is 15.2 Å². The van der Waals surface area contributed by atoms with E-state index < -0.39 is 23.7 Å². The summed E-state index contributed by atoms with van der Waals surface area (Å²) in [5.74, 6) is -1.19. The Morgan fingerprint density at radius 2 is 2.23 bits per heavy atom. The lowest BCUT2D eigenvalue weighted by atomic mass is 10.1. The highest BCUT2D eigenvalue weighted by Gasteiger charge is 2.30. The first kappa shape index (κ1) is 14.6. The highest BCUT2D eigenvalue weighted by atomic mass is 19.1. The molecule has 2 aliphatic heterocycles. The fourth-order valence-corrected chi connectivity index (χ4v) is 2.23. The van der Waals surface area contributed by atoms with E-state index in [0.29, 0.717) is 18.8 Å². The molecule has 2 amide bonds. The van der Waals surface area contributed by atoms with Crippen molar-refractivity contribution in [2.45, 2.75) is 25.0 Å². The van der Waals surface area contributed by atoms with Crippen LogP contribution >= 0.6 is 0 Å². The first-order valence-corrected chi connectivity index (χ1v) is 6.99. The summed E-state index contributed by atoms with van der Waals surface area (Å²) in [5, 5.41) is 5.65. The highest BCUT2D eigenvalue weighted by Crippen LogP contribution is 2.36. The van der Waals surface area contributed by atoms with Crippen molar-refractivity contribution in [1.29, 1.82) is 0 Å². The van der Waals surface area contributed by atoms with Crippen molar-refractivity contribution in [2.75, 3.05) is 18.4 Å². The number of hydrogen-bond acceptors (Lipinski definition) is 5. The topological polar surface area (TPSA) is 103 Å². The maximum Gasteiger partial charge on any atom is 0.265 e. The Bertz CT molecular complexity index is 618. The van der Waals surface area contributed by atoms with E-state index in [-0.39, 0.29) is 30.4 Å². The molecule has 7 nitrogen and oxygen atoms in total. The molecule has 2 aliphatic rings. The van der Waals surface area contributed by atoms with Crippen LogP contribution in [0, 0.1) is 5.82 Å². The molecule has 1 aromatic carbocycles. The number of fused-ring (bicyclic) bond motifs is 1. The van der Waals surface area contributed by atoms with Crippen molar-refractivity contribution >= 4 is 17.5 Å². The number of anilines is 1. The molecule has 4 N–H and O–H groups in total. The van der Waals surface area contributed by atoms with Gasteiger partial charge in [-0.25, -0.2) is 4.39 Å². The van der Waals surface area contributed by atoms with Crippen LogP contribution in [0.5, 0.6) is 11.5 Å². The molecule has 0 aromatic heterocycles. The Balaban J connectivity index is 1.75. The number of benzene rings is 1. The molecule has 0 spiro atoms. The van der Waals surface area contributed by atoms with E-state index in [0.717, 1.165) is 0 Å². The molecular formula is C14H16FN3O4. The van der Waals surface area contributed by atoms with Crippen molar-refractivity contribution < 1.29 is 23.5 Å². The predicted octanol–water partition coefficient (Wildman–Crippen LogP) is 0.141. The Morgan fingerprint density at radius 1 is 1.45 bits per heavy atom. The number of amides is 2. The molecule has 8 heteroatoms. The Labute approximate surface area is 125 Å². The zero-order valence-corrected chi connectivity index (χ0v) is 11.7. The SMILES string of the molecule is NC(=O)CC[C@H]1Oc2cc(F)c(OC3CNC3)cc2NC1=O. The average molecular weight is 309 g/mol. The van der Waals surface area contributed by atoms with Gasteiger partial charge in [-0.15, -0.1) is 0 Å². The number of rotatable bonds is 5. The molecule has 1 aromatic rings. The molecule has 0 radical (unpaired) electrons. The lowest BCUT2D eigenvalue weighted by Gasteiger charge is -2.29. The van der Waals surface area contributed by atoms with Gasteiger partial charge in [0.05, 0.1) is 5.69 Å². The highest BCUT2D eigenvalue weighted by molar-refractivity contribution is 5.98. The summed E-state index contributed by atoms with van der Waals surface area (Å²) in [6, 6.07) is 2.58. The summed E-state index contributed by atoms with van der Waals surface area (Å²) in [6.07, 6.45) is -0.766. The molecule has 0 bridgehead atoms. The van der Waals surface area contributed by atoms with Crippen molar-refractivity contribution in [3.05, 3.63) is 17.9 Å². The van der Waals surface area contributed by atoms with Crippen LogP contribution in [0.25, 0.3) is 0 Å². The standard InChI is InChI=1S/C14H16FN3O4/c15-8-3-12-9(4-11(8)21-7-5-17-6-7)18-14(20)10(22-12)1-2-13(16)19/h3-4,7,10,17H,1-2,5-6H2,(H2,16,19)(H,18,20)/t10-/m1/s1. The van der Waals surface area contributed by atoms with Gasteiger partial charge in [-0.1, -0.05) is 0 Å². The Kier molecular flexibility index (Phi) is 3.84. The van der Waals surface area contributed by atoms with Gasteiger partial charge in [0.15, 0.2) is 17.7 Å². The van der Waals surface area contributed by atoms with Crippen LogP contribution in [0.15, 0.2) is 12.1 Å². The average Bonchev–Trinajstić information content (AvgIpc) is 2.41. The predicted molar refractivity (Wildman–Crippen MR) is 75.2 cm³/mol. The molecule has 118 valence electrons. The van der Waals surface area contributed by atoms with Gasteiger partial charge in [-0.3, -0.25) is 9.59 Å². The van der Waals surface area contributed by atoms with Crippen LogP contribution < -0.4 is 25.8 Å². The molecule has 2 heterocycles. The molecule has 1 saturated heterocycles. The molecule has 1 fully saturated rings. The van der Waals surface area contributed by atoms with Crippen molar-refractivity contribution in [1.82, 2.24) is 5.32 Å². The fraction of sp³-hybridized carbons (Fsp3) is 0.429. The van der Waals surface area contributed by atoms with E-state index in [1.807, 2.05) is 0 Å². The van der Waals surface area contributed by atoms with E-state index in [2.05, 4.69) is 10.6 Å². The van der Waals surface area contributed by atoms with Gasteiger partial charge in [-0.05, 0) is 0 Å². The van der Waals surface area contributed by atoms with Crippen molar-refractivity contribution in [3.8, 4) is 11.5 Å². The molecule has 1 atom stereocenters. The minimum absolute atomic E-state index is 0.0196. The van der Waals surface area contributed by atoms with Crippen molar-refractivity contribution in [2.24, 2.45) is 5.73 Å². The lowest BCUT2D eigenvalue weighted by molar-refractivity contribution is -0.124. The molecular weight excluding hydrogens is 293 g/mol. The van der Waals surface area contributed by atoms with E-state index in [1.54, 1.807) is 0 Å². The molecule has 22 heavy (non-hydrogen) atoms. The van der Waals surface area contributed by atoms with Crippen LogP contribution in [0.3, 0.4) is 0 Å². The normalized spacial score (nSPS) is 20.4. The second-order valence-corrected chi connectivity index (χ2v) is 5.28. The molecule has 0 saturated carbocycles. The third kappa shape index (κ3) is 2.96. The summed E-state index contributed by atoms with van der Waals surface area (Å²) in [7, 11) is 0. The maximum absolute atomic E-state index is 14.0. The second-order valence-electron chi connectivity index (χ2n) is 5.28. The number of nitrogens with two attached hydrogens (primary N) is 1. The van der Waals surface area contributed by atoms with Crippen LogP contribution in [0.2, 0.25) is 0 Å². The lowest BCUT2D eigenvalue weighted by Crippen LogP contribution is -2.50.